The fourth-order valence-electron chi connectivity index (χ4n) is 1.20. The third-order valence-corrected chi connectivity index (χ3v) is 1.99. The van der Waals surface area contributed by atoms with Crippen LogP contribution in [0, 0.1) is 0 Å². The Kier molecular flexibility index (Phi) is 2.49. The van der Waals surface area contributed by atoms with E-state index in [1.165, 1.54) is 25.8 Å². The van der Waals surface area contributed by atoms with Crippen LogP contribution in [0.15, 0.2) is 41.3 Å². The summed E-state index contributed by atoms with van der Waals surface area (Å²) in [6.45, 7) is 0. The van der Waals surface area contributed by atoms with Crippen LogP contribution in [-0.4, -0.2) is 17.9 Å². The molecule has 0 aliphatic rings. The second kappa shape index (κ2) is 3.96. The molecule has 0 N–H and O–H groups in total. The van der Waals surface area contributed by atoms with Crippen LogP contribution in [0.2, 0.25) is 0 Å². The van der Waals surface area contributed by atoms with Gasteiger partial charge in [0.25, 0.3) is 0 Å². The second-order valence-electron chi connectivity index (χ2n) is 2.93. The zero-order valence-corrected chi connectivity index (χ0v) is 8.14. The highest BCUT2D eigenvalue weighted by molar-refractivity contribution is 6.08. The molecule has 0 aliphatic heterocycles. The van der Waals surface area contributed by atoms with E-state index >= 15 is 0 Å². The first-order chi connectivity index (χ1) is 7.31. The Labute approximate surface area is 86.5 Å². The predicted octanol–water partition coefficient (Wildman–Crippen LogP) is 1.91. The lowest BCUT2D eigenvalue weighted by molar-refractivity contribution is 0.103. The molecule has 0 aromatic carbocycles. The molecule has 0 amide bonds. The number of aromatic nitrogens is 1. The van der Waals surface area contributed by atoms with Crippen molar-refractivity contribution in [3.8, 4) is 5.88 Å². The SMILES string of the molecule is COc1ccc(C(=O)c2ccoc2)cn1. The first-order valence-corrected chi connectivity index (χ1v) is 4.38. The molecule has 2 rings (SSSR count). The molecule has 4 nitrogen and oxygen atoms in total. The third kappa shape index (κ3) is 1.88. The minimum absolute atomic E-state index is 0.112. The smallest absolute Gasteiger partial charge is 0.212 e. The number of ketones is 1. The van der Waals surface area contributed by atoms with Gasteiger partial charge in [0.1, 0.15) is 6.26 Å². The fraction of sp³-hybridized carbons (Fsp3) is 0.0909. The van der Waals surface area contributed by atoms with Crippen molar-refractivity contribution in [2.45, 2.75) is 0 Å². The average Bonchev–Trinajstić information content (AvgIpc) is 2.82. The van der Waals surface area contributed by atoms with E-state index in [4.69, 9.17) is 9.15 Å². The van der Waals surface area contributed by atoms with E-state index < -0.39 is 0 Å². The first kappa shape index (κ1) is 9.45. The molecular formula is C11H9NO3. The van der Waals surface area contributed by atoms with Crippen molar-refractivity contribution in [1.29, 1.82) is 0 Å². The highest BCUT2D eigenvalue weighted by atomic mass is 16.5. The normalized spacial score (nSPS) is 9.93. The van der Waals surface area contributed by atoms with Crippen molar-refractivity contribution in [2.24, 2.45) is 0 Å². The van der Waals surface area contributed by atoms with Crippen LogP contribution in [0.1, 0.15) is 15.9 Å². The van der Waals surface area contributed by atoms with Crippen LogP contribution in [0.4, 0.5) is 0 Å². The van der Waals surface area contributed by atoms with Crippen LogP contribution in [0.25, 0.3) is 0 Å². The minimum Gasteiger partial charge on any atom is -0.481 e. The Morgan fingerprint density at radius 1 is 1.33 bits per heavy atom. The summed E-state index contributed by atoms with van der Waals surface area (Å²) in [4.78, 5) is 15.7. The molecule has 0 fully saturated rings. The van der Waals surface area contributed by atoms with Crippen LogP contribution >= 0.6 is 0 Å². The summed E-state index contributed by atoms with van der Waals surface area (Å²) in [5.41, 5.74) is 1.03. The van der Waals surface area contributed by atoms with E-state index in [1.807, 2.05) is 0 Å². The van der Waals surface area contributed by atoms with Gasteiger partial charge >= 0.3 is 0 Å². The fourth-order valence-corrected chi connectivity index (χ4v) is 1.20. The van der Waals surface area contributed by atoms with Gasteiger partial charge in [-0.2, -0.15) is 0 Å². The maximum atomic E-state index is 11.8. The van der Waals surface area contributed by atoms with Crippen LogP contribution in [0.5, 0.6) is 5.88 Å². The molecule has 0 saturated carbocycles. The largest absolute Gasteiger partial charge is 0.481 e. The van der Waals surface area contributed by atoms with Gasteiger partial charge in [-0.3, -0.25) is 4.79 Å². The topological polar surface area (TPSA) is 52.3 Å². The molecule has 0 radical (unpaired) electrons. The Morgan fingerprint density at radius 2 is 2.20 bits per heavy atom. The predicted molar refractivity (Wildman–Crippen MR) is 52.9 cm³/mol. The molecule has 0 atom stereocenters. The molecule has 0 unspecified atom stereocenters. The van der Waals surface area contributed by atoms with E-state index in [9.17, 15) is 4.79 Å². The molecule has 0 aliphatic carbocycles. The third-order valence-electron chi connectivity index (χ3n) is 1.99. The number of nitrogens with zero attached hydrogens (tertiary/aromatic N) is 1. The number of methoxy groups -OCH3 is 1. The molecule has 0 bridgehead atoms. The van der Waals surface area contributed by atoms with E-state index in [1.54, 1.807) is 18.2 Å². The highest BCUT2D eigenvalue weighted by Gasteiger charge is 2.10. The summed E-state index contributed by atoms with van der Waals surface area (Å²) in [7, 11) is 1.53. The zero-order chi connectivity index (χ0) is 10.7. The number of ether oxygens (including phenoxy) is 1. The summed E-state index contributed by atoms with van der Waals surface area (Å²) in [6.07, 6.45) is 4.35. The minimum atomic E-state index is -0.112. The summed E-state index contributed by atoms with van der Waals surface area (Å²) in [5.74, 6) is 0.373. The van der Waals surface area contributed by atoms with E-state index in [2.05, 4.69) is 4.98 Å². The Morgan fingerprint density at radius 3 is 2.73 bits per heavy atom. The Bertz CT molecular complexity index is 445. The van der Waals surface area contributed by atoms with Crippen molar-refractivity contribution in [3.63, 3.8) is 0 Å². The van der Waals surface area contributed by atoms with Crippen molar-refractivity contribution in [2.75, 3.05) is 7.11 Å². The van der Waals surface area contributed by atoms with Gasteiger partial charge in [-0.15, -0.1) is 0 Å². The highest BCUT2D eigenvalue weighted by Crippen LogP contribution is 2.12. The van der Waals surface area contributed by atoms with Crippen molar-refractivity contribution < 1.29 is 13.9 Å². The number of carbonyl (C=O) groups is 1. The van der Waals surface area contributed by atoms with E-state index in [0.29, 0.717) is 17.0 Å². The number of hydrogen-bond acceptors (Lipinski definition) is 4. The first-order valence-electron chi connectivity index (χ1n) is 4.38. The molecule has 2 aromatic heterocycles. The number of carbonyl (C=O) groups excluding carboxylic acids is 1. The Hall–Kier alpha value is -2.10. The van der Waals surface area contributed by atoms with Gasteiger partial charge in [-0.05, 0) is 12.1 Å². The lowest BCUT2D eigenvalue weighted by Crippen LogP contribution is -2.00. The van der Waals surface area contributed by atoms with Gasteiger partial charge in [-0.25, -0.2) is 4.98 Å². The van der Waals surface area contributed by atoms with E-state index in [0.717, 1.165) is 0 Å². The molecular weight excluding hydrogens is 194 g/mol. The molecule has 15 heavy (non-hydrogen) atoms. The van der Waals surface area contributed by atoms with Gasteiger partial charge in [0, 0.05) is 17.8 Å². The van der Waals surface area contributed by atoms with Crippen LogP contribution in [-0.2, 0) is 0 Å². The average molecular weight is 203 g/mol. The monoisotopic (exact) mass is 203 g/mol. The van der Waals surface area contributed by atoms with Gasteiger partial charge in [0.15, 0.2) is 5.78 Å². The molecule has 0 spiro atoms. The quantitative estimate of drug-likeness (QED) is 0.715. The van der Waals surface area contributed by atoms with Gasteiger partial charge in [0.2, 0.25) is 5.88 Å². The van der Waals surface area contributed by atoms with Crippen molar-refractivity contribution in [1.82, 2.24) is 4.98 Å². The molecule has 2 heterocycles. The molecule has 76 valence electrons. The summed E-state index contributed by atoms with van der Waals surface area (Å²) < 4.78 is 9.73. The summed E-state index contributed by atoms with van der Waals surface area (Å²) >= 11 is 0. The van der Waals surface area contributed by atoms with Gasteiger partial charge in [0.05, 0.1) is 18.9 Å². The molecule has 4 heteroatoms. The van der Waals surface area contributed by atoms with E-state index in [-0.39, 0.29) is 5.78 Å². The summed E-state index contributed by atoms with van der Waals surface area (Å²) in [6, 6.07) is 4.93. The van der Waals surface area contributed by atoms with Crippen LogP contribution in [0.3, 0.4) is 0 Å². The van der Waals surface area contributed by atoms with Crippen molar-refractivity contribution >= 4 is 5.78 Å². The Balaban J connectivity index is 2.27. The lowest BCUT2D eigenvalue weighted by Gasteiger charge is -1.99. The van der Waals surface area contributed by atoms with Crippen LogP contribution < -0.4 is 4.74 Å². The maximum absolute atomic E-state index is 11.8. The second-order valence-corrected chi connectivity index (χ2v) is 2.93. The maximum Gasteiger partial charge on any atom is 0.212 e. The standard InChI is InChI=1S/C11H9NO3/c1-14-10-3-2-8(6-12-10)11(13)9-4-5-15-7-9/h2-7H,1H3. The summed E-state index contributed by atoms with van der Waals surface area (Å²) in [5, 5.41) is 0. The van der Waals surface area contributed by atoms with Crippen molar-refractivity contribution in [3.05, 3.63) is 48.0 Å². The lowest BCUT2D eigenvalue weighted by atomic mass is 10.1. The van der Waals surface area contributed by atoms with Gasteiger partial charge in [-0.1, -0.05) is 0 Å². The molecule has 2 aromatic rings. The van der Waals surface area contributed by atoms with Gasteiger partial charge < -0.3 is 9.15 Å². The number of pyridine rings is 1. The number of rotatable bonds is 3. The molecule has 0 saturated heterocycles. The number of hydrogen-bond donors (Lipinski definition) is 0. The zero-order valence-electron chi connectivity index (χ0n) is 8.14. The number of furan rings is 1.